The molecule has 2 saturated heterocycles. The number of hydrogen-bond acceptors (Lipinski definition) is 5. The van der Waals surface area contributed by atoms with E-state index >= 15 is 0 Å². The first-order chi connectivity index (χ1) is 10.9. The van der Waals surface area contributed by atoms with Crippen molar-refractivity contribution in [3.8, 4) is 0 Å². The fraction of sp³-hybridized carbons (Fsp3) is 0.529. The van der Waals surface area contributed by atoms with Gasteiger partial charge in [-0.3, -0.25) is 4.79 Å². The van der Waals surface area contributed by atoms with Gasteiger partial charge in [-0.15, -0.1) is 0 Å². The van der Waals surface area contributed by atoms with Crippen LogP contribution in [0, 0.1) is 11.1 Å². The lowest BCUT2D eigenvalue weighted by molar-refractivity contribution is -0.906. The molecule has 2 fully saturated rings. The Bertz CT molecular complexity index is 600. The molecule has 6 nitrogen and oxygen atoms in total. The van der Waals surface area contributed by atoms with E-state index in [0.29, 0.717) is 18.4 Å². The Morgan fingerprint density at radius 3 is 2.57 bits per heavy atom. The number of methoxy groups -OCH3 is 1. The second-order valence-corrected chi connectivity index (χ2v) is 6.45. The predicted octanol–water partition coefficient (Wildman–Crippen LogP) is 1.88. The number of nitrogens with zero attached hydrogens (tertiary/aromatic N) is 1. The SMILES string of the molecule is COC(=O)C1C(OC(=O)c2ccccc2)CC2CCC1[N+]2(C)[O-]. The van der Waals surface area contributed by atoms with Crippen LogP contribution in [0.15, 0.2) is 30.3 Å². The second-order valence-electron chi connectivity index (χ2n) is 6.45. The number of hydrogen-bond donors (Lipinski definition) is 0. The van der Waals surface area contributed by atoms with E-state index in [4.69, 9.17) is 9.47 Å². The third kappa shape index (κ3) is 2.72. The normalized spacial score (nSPS) is 35.6. The standard InChI is InChI=1S/C17H21NO5/c1-18(21)12-8-9-13(18)15(17(20)22-2)14(10-12)23-16(19)11-6-4-3-5-7-11/h3-7,12-15H,8-10H2,1-2H3. The van der Waals surface area contributed by atoms with Crippen LogP contribution in [-0.2, 0) is 14.3 Å². The van der Waals surface area contributed by atoms with Crippen molar-refractivity contribution < 1.29 is 23.7 Å². The van der Waals surface area contributed by atoms with E-state index in [1.165, 1.54) is 7.11 Å². The summed E-state index contributed by atoms with van der Waals surface area (Å²) >= 11 is 0. The molecular weight excluding hydrogens is 298 g/mol. The Kier molecular flexibility index (Phi) is 4.12. The van der Waals surface area contributed by atoms with Gasteiger partial charge in [-0.05, 0) is 12.1 Å². The Balaban J connectivity index is 1.83. The van der Waals surface area contributed by atoms with E-state index < -0.39 is 34.6 Å². The van der Waals surface area contributed by atoms with Gasteiger partial charge in [0, 0.05) is 19.3 Å². The number of ether oxygens (including phenoxy) is 2. The lowest BCUT2D eigenvalue weighted by atomic mass is 9.87. The molecule has 124 valence electrons. The molecule has 0 radical (unpaired) electrons. The average Bonchev–Trinajstić information content (AvgIpc) is 2.73. The highest BCUT2D eigenvalue weighted by molar-refractivity contribution is 5.89. The van der Waals surface area contributed by atoms with Gasteiger partial charge in [-0.1, -0.05) is 18.2 Å². The third-order valence-corrected chi connectivity index (χ3v) is 5.24. The Labute approximate surface area is 135 Å². The molecule has 1 aromatic rings. The van der Waals surface area contributed by atoms with Crippen LogP contribution in [0.1, 0.15) is 29.6 Å². The molecule has 2 aliphatic heterocycles. The molecule has 0 aromatic heterocycles. The van der Waals surface area contributed by atoms with Crippen molar-refractivity contribution in [1.82, 2.24) is 0 Å². The summed E-state index contributed by atoms with van der Waals surface area (Å²) in [5, 5.41) is 12.8. The highest BCUT2D eigenvalue weighted by Gasteiger charge is 2.57. The molecule has 0 saturated carbocycles. The fourth-order valence-corrected chi connectivity index (χ4v) is 3.98. The summed E-state index contributed by atoms with van der Waals surface area (Å²) in [6, 6.07) is 8.12. The minimum Gasteiger partial charge on any atom is -0.633 e. The molecule has 0 spiro atoms. The van der Waals surface area contributed by atoms with Gasteiger partial charge < -0.3 is 19.3 Å². The number of benzene rings is 1. The Hall–Kier alpha value is -1.92. The van der Waals surface area contributed by atoms with Crippen molar-refractivity contribution in [1.29, 1.82) is 0 Å². The number of piperidine rings is 1. The molecule has 2 bridgehead atoms. The summed E-state index contributed by atoms with van der Waals surface area (Å²) in [6.45, 7) is 0. The van der Waals surface area contributed by atoms with Gasteiger partial charge in [-0.25, -0.2) is 4.79 Å². The molecule has 0 N–H and O–H groups in total. The van der Waals surface area contributed by atoms with E-state index in [1.54, 1.807) is 31.3 Å². The first-order valence-electron chi connectivity index (χ1n) is 7.86. The molecule has 6 heteroatoms. The van der Waals surface area contributed by atoms with Crippen molar-refractivity contribution in [2.75, 3.05) is 14.2 Å². The zero-order valence-corrected chi connectivity index (χ0v) is 13.3. The number of quaternary nitrogens is 1. The molecule has 1 aromatic carbocycles. The van der Waals surface area contributed by atoms with Gasteiger partial charge in [0.1, 0.15) is 18.1 Å². The van der Waals surface area contributed by atoms with Crippen molar-refractivity contribution >= 4 is 11.9 Å². The number of fused-ring (bicyclic) bond motifs is 2. The molecule has 5 atom stereocenters. The Morgan fingerprint density at radius 2 is 1.91 bits per heavy atom. The van der Waals surface area contributed by atoms with Crippen LogP contribution >= 0.6 is 0 Å². The molecular formula is C17H21NO5. The van der Waals surface area contributed by atoms with Gasteiger partial charge in [-0.2, -0.15) is 0 Å². The molecule has 23 heavy (non-hydrogen) atoms. The minimum absolute atomic E-state index is 0.130. The fourth-order valence-electron chi connectivity index (χ4n) is 3.98. The van der Waals surface area contributed by atoms with Crippen LogP contribution < -0.4 is 0 Å². The van der Waals surface area contributed by atoms with Gasteiger partial charge >= 0.3 is 11.9 Å². The summed E-state index contributed by atoms with van der Waals surface area (Å²) in [5.41, 5.74) is 0.438. The van der Waals surface area contributed by atoms with Crippen LogP contribution in [0.2, 0.25) is 0 Å². The summed E-state index contributed by atoms with van der Waals surface area (Å²) in [7, 11) is 2.90. The van der Waals surface area contributed by atoms with E-state index in [1.807, 2.05) is 6.07 Å². The third-order valence-electron chi connectivity index (χ3n) is 5.24. The molecule has 3 rings (SSSR count). The van der Waals surface area contributed by atoms with Gasteiger partial charge in [0.2, 0.25) is 0 Å². The molecule has 2 aliphatic rings. The maximum absolute atomic E-state index is 12.8. The minimum atomic E-state index is -0.700. The Morgan fingerprint density at radius 1 is 1.22 bits per heavy atom. The van der Waals surface area contributed by atoms with Crippen LogP contribution in [0.3, 0.4) is 0 Å². The second kappa shape index (κ2) is 5.94. The summed E-state index contributed by atoms with van der Waals surface area (Å²) in [5.74, 6) is -1.64. The zero-order valence-electron chi connectivity index (χ0n) is 13.3. The summed E-state index contributed by atoms with van der Waals surface area (Å²) in [4.78, 5) is 24.5. The van der Waals surface area contributed by atoms with Crippen molar-refractivity contribution in [3.63, 3.8) is 0 Å². The molecule has 5 unspecified atom stereocenters. The van der Waals surface area contributed by atoms with Gasteiger partial charge in [0.05, 0.1) is 25.8 Å². The number of rotatable bonds is 3. The zero-order chi connectivity index (χ0) is 16.6. The molecule has 0 aliphatic carbocycles. The van der Waals surface area contributed by atoms with E-state index in [0.717, 1.165) is 6.42 Å². The van der Waals surface area contributed by atoms with Crippen molar-refractivity contribution in [2.45, 2.75) is 37.5 Å². The van der Waals surface area contributed by atoms with Gasteiger partial charge in [0.25, 0.3) is 0 Å². The van der Waals surface area contributed by atoms with Gasteiger partial charge in [0.15, 0.2) is 0 Å². The maximum Gasteiger partial charge on any atom is 0.338 e. The quantitative estimate of drug-likeness (QED) is 0.483. The number of hydroxylamine groups is 3. The largest absolute Gasteiger partial charge is 0.633 e. The monoisotopic (exact) mass is 319 g/mol. The first kappa shape index (κ1) is 16.0. The van der Waals surface area contributed by atoms with E-state index in [2.05, 4.69) is 0 Å². The lowest BCUT2D eigenvalue weighted by Gasteiger charge is -2.52. The number of carbonyl (C=O) groups excluding carboxylic acids is 2. The first-order valence-corrected chi connectivity index (χ1v) is 7.86. The van der Waals surface area contributed by atoms with E-state index in [9.17, 15) is 14.8 Å². The van der Waals surface area contributed by atoms with Crippen molar-refractivity contribution in [2.24, 2.45) is 5.92 Å². The van der Waals surface area contributed by atoms with Crippen LogP contribution in [0.5, 0.6) is 0 Å². The van der Waals surface area contributed by atoms with Crippen LogP contribution in [-0.4, -0.2) is 48.9 Å². The number of esters is 2. The summed E-state index contributed by atoms with van der Waals surface area (Å²) in [6.07, 6.45) is 1.20. The summed E-state index contributed by atoms with van der Waals surface area (Å²) < 4.78 is 10.0. The average molecular weight is 319 g/mol. The topological polar surface area (TPSA) is 75.7 Å². The van der Waals surface area contributed by atoms with Crippen molar-refractivity contribution in [3.05, 3.63) is 41.1 Å². The molecule has 0 amide bonds. The maximum atomic E-state index is 12.8. The lowest BCUT2D eigenvalue weighted by Crippen LogP contribution is -2.61. The highest BCUT2D eigenvalue weighted by atomic mass is 16.6. The van der Waals surface area contributed by atoms with Crippen LogP contribution in [0.25, 0.3) is 0 Å². The molecule has 2 heterocycles. The van der Waals surface area contributed by atoms with Crippen LogP contribution in [0.4, 0.5) is 0 Å². The number of carbonyl (C=O) groups is 2. The smallest absolute Gasteiger partial charge is 0.338 e. The highest BCUT2D eigenvalue weighted by Crippen LogP contribution is 2.45. The van der Waals surface area contributed by atoms with E-state index in [-0.39, 0.29) is 6.04 Å². The predicted molar refractivity (Wildman–Crippen MR) is 82.1 cm³/mol.